The van der Waals surface area contributed by atoms with E-state index >= 15 is 0 Å². The Hall–Kier alpha value is -1.07. The average molecular weight is 362 g/mol. The summed E-state index contributed by atoms with van der Waals surface area (Å²) in [6.45, 7) is 4.06. The summed E-state index contributed by atoms with van der Waals surface area (Å²) in [7, 11) is 0. The molecule has 4 aliphatic carbocycles. The molecule has 6 atom stereocenters. The number of thiol groups is 1. The number of hydrogen-bond acceptors (Lipinski definition) is 4. The topological polar surface area (TPSA) is 74.6 Å². The molecule has 4 aliphatic rings. The smallest absolute Gasteiger partial charge is 0.218 e. The van der Waals surface area contributed by atoms with Gasteiger partial charge in [-0.3, -0.25) is 9.59 Å². The Balaban J connectivity index is 1.73. The molecular formula is C20H26O4S. The van der Waals surface area contributed by atoms with E-state index in [4.69, 9.17) is 0 Å². The highest BCUT2D eigenvalue weighted by atomic mass is 32.1. The quantitative estimate of drug-likeness (QED) is 0.625. The highest BCUT2D eigenvalue weighted by molar-refractivity contribution is 7.96. The molecule has 2 N–H and O–H groups in total. The van der Waals surface area contributed by atoms with Gasteiger partial charge in [0.2, 0.25) is 5.12 Å². The fraction of sp³-hybridized carbons (Fsp3) is 0.700. The van der Waals surface area contributed by atoms with E-state index in [9.17, 15) is 19.8 Å². The van der Waals surface area contributed by atoms with Crippen LogP contribution in [0.2, 0.25) is 0 Å². The maximum atomic E-state index is 12.8. The lowest BCUT2D eigenvalue weighted by Gasteiger charge is -2.57. The van der Waals surface area contributed by atoms with Crippen molar-refractivity contribution in [3.05, 3.63) is 23.5 Å². The Kier molecular flexibility index (Phi) is 3.63. The van der Waals surface area contributed by atoms with Crippen LogP contribution in [0.15, 0.2) is 23.5 Å². The van der Waals surface area contributed by atoms with Gasteiger partial charge in [-0.2, -0.15) is 0 Å². The first-order valence-corrected chi connectivity index (χ1v) is 9.71. The second-order valence-corrected chi connectivity index (χ2v) is 9.29. The van der Waals surface area contributed by atoms with Gasteiger partial charge in [-0.15, -0.1) is 12.6 Å². The van der Waals surface area contributed by atoms with Gasteiger partial charge in [0.25, 0.3) is 0 Å². The van der Waals surface area contributed by atoms with Crippen LogP contribution < -0.4 is 0 Å². The summed E-state index contributed by atoms with van der Waals surface area (Å²) in [5, 5.41) is 20.5. The van der Waals surface area contributed by atoms with Crippen LogP contribution in [0.3, 0.4) is 0 Å². The summed E-state index contributed by atoms with van der Waals surface area (Å²) in [5.74, 6) is 0.824. The van der Waals surface area contributed by atoms with Gasteiger partial charge in [-0.05, 0) is 69.3 Å². The highest BCUT2D eigenvalue weighted by Gasteiger charge is 2.66. The second kappa shape index (κ2) is 5.23. The lowest BCUT2D eigenvalue weighted by molar-refractivity contribution is -0.155. The van der Waals surface area contributed by atoms with E-state index in [-0.39, 0.29) is 23.4 Å². The maximum Gasteiger partial charge on any atom is 0.218 e. The van der Waals surface area contributed by atoms with E-state index in [1.807, 2.05) is 13.8 Å². The van der Waals surface area contributed by atoms with Crippen molar-refractivity contribution >= 4 is 23.5 Å². The van der Waals surface area contributed by atoms with Crippen LogP contribution in [0.5, 0.6) is 0 Å². The monoisotopic (exact) mass is 362 g/mol. The van der Waals surface area contributed by atoms with Crippen LogP contribution in [0.4, 0.5) is 0 Å². The molecule has 4 nitrogen and oxygen atoms in total. The molecule has 0 spiro atoms. The lowest BCUT2D eigenvalue weighted by Crippen LogP contribution is -2.57. The van der Waals surface area contributed by atoms with Gasteiger partial charge >= 0.3 is 0 Å². The molecule has 3 saturated carbocycles. The van der Waals surface area contributed by atoms with E-state index in [0.717, 1.165) is 37.7 Å². The lowest BCUT2D eigenvalue weighted by atomic mass is 9.46. The summed E-state index contributed by atoms with van der Waals surface area (Å²) in [4.78, 5) is 24.9. The van der Waals surface area contributed by atoms with Gasteiger partial charge in [0.15, 0.2) is 5.78 Å². The number of hydrogen-bond donors (Lipinski definition) is 3. The Morgan fingerprint density at radius 1 is 1.16 bits per heavy atom. The van der Waals surface area contributed by atoms with Crippen molar-refractivity contribution < 1.29 is 19.8 Å². The number of allylic oxidation sites excluding steroid dienone is 3. The zero-order chi connectivity index (χ0) is 18.2. The van der Waals surface area contributed by atoms with Crippen LogP contribution in [0, 0.1) is 28.6 Å². The molecule has 0 radical (unpaired) electrons. The fourth-order valence-electron chi connectivity index (χ4n) is 6.66. The molecule has 136 valence electrons. The van der Waals surface area contributed by atoms with E-state index in [2.05, 4.69) is 12.6 Å². The largest absolute Gasteiger partial charge is 0.508 e. The van der Waals surface area contributed by atoms with Crippen molar-refractivity contribution in [1.29, 1.82) is 0 Å². The van der Waals surface area contributed by atoms with Crippen molar-refractivity contribution in [3.8, 4) is 0 Å². The van der Waals surface area contributed by atoms with Crippen molar-refractivity contribution in [2.45, 2.75) is 58.0 Å². The standard InChI is InChI=1S/C20H26O4S/c1-18-7-5-15-13(14(18)6-8-20(18,24)17(23)25)4-3-11-9-12(21)10-16(22)19(11,15)2/h9-10,13-15,21,24H,3-8H2,1-2H3,(H,23,25)/t13-,14-,15-,18-,19-,20?/m0/s1. The molecule has 5 heteroatoms. The molecule has 0 bridgehead atoms. The third kappa shape index (κ3) is 2.00. The van der Waals surface area contributed by atoms with Crippen molar-refractivity contribution in [2.24, 2.45) is 28.6 Å². The summed E-state index contributed by atoms with van der Waals surface area (Å²) in [6.07, 6.45) is 7.70. The molecule has 0 aromatic heterocycles. The molecule has 25 heavy (non-hydrogen) atoms. The van der Waals surface area contributed by atoms with Crippen LogP contribution in [0.25, 0.3) is 0 Å². The second-order valence-electron chi connectivity index (χ2n) is 8.88. The van der Waals surface area contributed by atoms with Gasteiger partial charge in [0, 0.05) is 11.5 Å². The van der Waals surface area contributed by atoms with Crippen molar-refractivity contribution in [1.82, 2.24) is 0 Å². The van der Waals surface area contributed by atoms with Crippen molar-refractivity contribution in [3.63, 3.8) is 0 Å². The number of aliphatic hydroxyl groups is 2. The summed E-state index contributed by atoms with van der Waals surface area (Å²) in [6, 6.07) is 0. The zero-order valence-corrected chi connectivity index (χ0v) is 15.7. The Morgan fingerprint density at radius 2 is 1.84 bits per heavy atom. The van der Waals surface area contributed by atoms with E-state index < -0.39 is 21.5 Å². The van der Waals surface area contributed by atoms with Crippen LogP contribution in [0.1, 0.15) is 52.4 Å². The molecule has 0 aliphatic heterocycles. The van der Waals surface area contributed by atoms with E-state index in [1.54, 1.807) is 6.08 Å². The van der Waals surface area contributed by atoms with Crippen LogP contribution >= 0.6 is 12.6 Å². The first-order valence-electron chi connectivity index (χ1n) is 9.26. The molecule has 1 unspecified atom stereocenters. The minimum atomic E-state index is -1.35. The van der Waals surface area contributed by atoms with Crippen molar-refractivity contribution in [2.75, 3.05) is 0 Å². The Labute approximate surface area is 153 Å². The number of carbonyl (C=O) groups is 2. The number of ketones is 1. The molecule has 0 saturated heterocycles. The van der Waals surface area contributed by atoms with E-state index in [1.165, 1.54) is 6.08 Å². The first-order chi connectivity index (χ1) is 11.6. The third-order valence-electron chi connectivity index (χ3n) is 8.21. The number of fused-ring (bicyclic) bond motifs is 5. The van der Waals surface area contributed by atoms with E-state index in [0.29, 0.717) is 12.3 Å². The number of carbonyl (C=O) groups excluding carboxylic acids is 2. The normalized spacial score (nSPS) is 48.8. The highest BCUT2D eigenvalue weighted by Crippen LogP contribution is 2.67. The fourth-order valence-corrected chi connectivity index (χ4v) is 7.03. The molecule has 4 rings (SSSR count). The maximum absolute atomic E-state index is 12.8. The van der Waals surface area contributed by atoms with Crippen LogP contribution in [-0.2, 0) is 9.59 Å². The number of aliphatic hydroxyl groups excluding tert-OH is 1. The Morgan fingerprint density at radius 3 is 2.52 bits per heavy atom. The molecule has 0 heterocycles. The van der Waals surface area contributed by atoms with Gasteiger partial charge in [0.1, 0.15) is 11.4 Å². The minimum absolute atomic E-state index is 0.000617. The predicted octanol–water partition coefficient (Wildman–Crippen LogP) is 3.37. The third-order valence-corrected chi connectivity index (χ3v) is 8.58. The van der Waals surface area contributed by atoms with Gasteiger partial charge < -0.3 is 10.2 Å². The SMILES string of the molecule is C[C@]12C(=O)C=C(O)C=C1CC[C@@H]1[C@@H]2CC[C@@]2(C)[C@H]1CCC2(O)C(=O)S. The molecule has 0 aromatic rings. The molecular weight excluding hydrogens is 336 g/mol. The molecule has 0 amide bonds. The molecule has 3 fully saturated rings. The summed E-state index contributed by atoms with van der Waals surface area (Å²) in [5.41, 5.74) is -1.32. The predicted molar refractivity (Wildman–Crippen MR) is 97.1 cm³/mol. The van der Waals surface area contributed by atoms with Gasteiger partial charge in [-0.1, -0.05) is 12.5 Å². The first kappa shape index (κ1) is 17.3. The summed E-state index contributed by atoms with van der Waals surface area (Å²) >= 11 is 4.00. The summed E-state index contributed by atoms with van der Waals surface area (Å²) < 4.78 is 0. The zero-order valence-electron chi connectivity index (χ0n) is 14.8. The Bertz CT molecular complexity index is 725. The average Bonchev–Trinajstić information content (AvgIpc) is 2.82. The molecule has 0 aromatic carbocycles. The number of rotatable bonds is 1. The van der Waals surface area contributed by atoms with Crippen LogP contribution in [-0.4, -0.2) is 26.7 Å². The van der Waals surface area contributed by atoms with Gasteiger partial charge in [-0.25, -0.2) is 0 Å². The van der Waals surface area contributed by atoms with Gasteiger partial charge in [0.05, 0.1) is 5.41 Å². The minimum Gasteiger partial charge on any atom is -0.508 e.